The summed E-state index contributed by atoms with van der Waals surface area (Å²) in [4.78, 5) is 2.17. The second-order valence-electron chi connectivity index (χ2n) is 6.15. The SMILES string of the molecule is COC(C)(C)CC(C)Nc1ccc(CN(C)C)cc1. The summed E-state index contributed by atoms with van der Waals surface area (Å²) in [6, 6.07) is 9.03. The van der Waals surface area contributed by atoms with Crippen LogP contribution >= 0.6 is 0 Å². The van der Waals surface area contributed by atoms with Crippen molar-refractivity contribution in [2.24, 2.45) is 0 Å². The summed E-state index contributed by atoms with van der Waals surface area (Å²) in [6.07, 6.45) is 0.975. The van der Waals surface area contributed by atoms with Crippen LogP contribution in [0.3, 0.4) is 0 Å². The number of nitrogens with zero attached hydrogens (tertiary/aromatic N) is 1. The van der Waals surface area contributed by atoms with E-state index in [4.69, 9.17) is 4.74 Å². The van der Waals surface area contributed by atoms with E-state index >= 15 is 0 Å². The Labute approximate surface area is 118 Å². The molecule has 0 heterocycles. The molecule has 0 saturated heterocycles. The number of nitrogens with one attached hydrogen (secondary N) is 1. The second kappa shape index (κ2) is 6.92. The first-order chi connectivity index (χ1) is 8.82. The molecule has 1 aromatic rings. The summed E-state index contributed by atoms with van der Waals surface area (Å²) < 4.78 is 5.46. The highest BCUT2D eigenvalue weighted by Gasteiger charge is 2.19. The van der Waals surface area contributed by atoms with Crippen molar-refractivity contribution in [3.8, 4) is 0 Å². The molecule has 19 heavy (non-hydrogen) atoms. The van der Waals surface area contributed by atoms with Crippen LogP contribution in [0.4, 0.5) is 5.69 Å². The Morgan fingerprint density at radius 1 is 1.21 bits per heavy atom. The Morgan fingerprint density at radius 3 is 2.26 bits per heavy atom. The van der Waals surface area contributed by atoms with Crippen molar-refractivity contribution >= 4 is 5.69 Å². The third kappa shape index (κ3) is 6.08. The molecule has 108 valence electrons. The van der Waals surface area contributed by atoms with Gasteiger partial charge in [0.25, 0.3) is 0 Å². The molecular formula is C16H28N2O. The lowest BCUT2D eigenvalue weighted by molar-refractivity contribution is 0.0128. The van der Waals surface area contributed by atoms with Gasteiger partial charge in [-0.25, -0.2) is 0 Å². The predicted molar refractivity (Wildman–Crippen MR) is 82.6 cm³/mol. The van der Waals surface area contributed by atoms with Gasteiger partial charge in [0.05, 0.1) is 5.60 Å². The average Bonchev–Trinajstić information content (AvgIpc) is 2.30. The van der Waals surface area contributed by atoms with Gasteiger partial charge in [-0.2, -0.15) is 0 Å². The van der Waals surface area contributed by atoms with Crippen molar-refractivity contribution in [3.63, 3.8) is 0 Å². The topological polar surface area (TPSA) is 24.5 Å². The predicted octanol–water partition coefficient (Wildman–Crippen LogP) is 3.36. The normalized spacial score (nSPS) is 13.6. The van der Waals surface area contributed by atoms with E-state index < -0.39 is 0 Å². The van der Waals surface area contributed by atoms with Gasteiger partial charge in [0, 0.05) is 25.4 Å². The number of anilines is 1. The van der Waals surface area contributed by atoms with Gasteiger partial charge in [0.15, 0.2) is 0 Å². The molecule has 3 heteroatoms. The van der Waals surface area contributed by atoms with E-state index in [1.54, 1.807) is 7.11 Å². The van der Waals surface area contributed by atoms with Gasteiger partial charge in [-0.1, -0.05) is 12.1 Å². The smallest absolute Gasteiger partial charge is 0.0642 e. The second-order valence-corrected chi connectivity index (χ2v) is 6.15. The molecule has 1 unspecified atom stereocenters. The van der Waals surface area contributed by atoms with E-state index in [9.17, 15) is 0 Å². The standard InChI is InChI=1S/C16H28N2O/c1-13(11-16(2,3)19-6)17-15-9-7-14(8-10-15)12-18(4)5/h7-10,13,17H,11-12H2,1-6H3. The van der Waals surface area contributed by atoms with E-state index in [0.29, 0.717) is 6.04 Å². The summed E-state index contributed by atoms with van der Waals surface area (Å²) in [5, 5.41) is 3.52. The molecule has 0 saturated carbocycles. The third-order valence-corrected chi connectivity index (χ3v) is 3.22. The first kappa shape index (κ1) is 16.0. The van der Waals surface area contributed by atoms with Gasteiger partial charge < -0.3 is 15.0 Å². The summed E-state index contributed by atoms with van der Waals surface area (Å²) in [5.74, 6) is 0. The van der Waals surface area contributed by atoms with Gasteiger partial charge >= 0.3 is 0 Å². The van der Waals surface area contributed by atoms with Crippen molar-refractivity contribution < 1.29 is 4.74 Å². The highest BCUT2D eigenvalue weighted by atomic mass is 16.5. The number of hydrogen-bond donors (Lipinski definition) is 1. The lowest BCUT2D eigenvalue weighted by Gasteiger charge is -2.27. The largest absolute Gasteiger partial charge is 0.382 e. The number of hydrogen-bond acceptors (Lipinski definition) is 3. The maximum absolute atomic E-state index is 5.46. The minimum absolute atomic E-state index is 0.0860. The van der Waals surface area contributed by atoms with Crippen LogP contribution in [0.1, 0.15) is 32.8 Å². The van der Waals surface area contributed by atoms with Crippen molar-refractivity contribution in [3.05, 3.63) is 29.8 Å². The van der Waals surface area contributed by atoms with Gasteiger partial charge in [-0.05, 0) is 59.0 Å². The molecular weight excluding hydrogens is 236 g/mol. The molecule has 1 rings (SSSR count). The summed E-state index contributed by atoms with van der Waals surface area (Å²) >= 11 is 0. The molecule has 0 amide bonds. The van der Waals surface area contributed by atoms with Gasteiger partial charge in [0.1, 0.15) is 0 Å². The minimum Gasteiger partial charge on any atom is -0.382 e. The lowest BCUT2D eigenvalue weighted by Crippen LogP contribution is -2.31. The molecule has 0 bridgehead atoms. The van der Waals surface area contributed by atoms with E-state index in [-0.39, 0.29) is 5.60 Å². The molecule has 3 nitrogen and oxygen atoms in total. The van der Waals surface area contributed by atoms with Crippen LogP contribution in [0.15, 0.2) is 24.3 Å². The molecule has 1 N–H and O–H groups in total. The molecule has 0 fully saturated rings. The van der Waals surface area contributed by atoms with Crippen molar-refractivity contribution in [2.45, 2.75) is 45.4 Å². The maximum atomic E-state index is 5.46. The highest BCUT2D eigenvalue weighted by Crippen LogP contribution is 2.19. The maximum Gasteiger partial charge on any atom is 0.0642 e. The Bertz CT molecular complexity index is 371. The van der Waals surface area contributed by atoms with E-state index in [1.165, 1.54) is 11.3 Å². The zero-order valence-corrected chi connectivity index (χ0v) is 13.2. The van der Waals surface area contributed by atoms with Crippen molar-refractivity contribution in [1.29, 1.82) is 0 Å². The molecule has 0 aliphatic carbocycles. The quantitative estimate of drug-likeness (QED) is 0.817. The number of methoxy groups -OCH3 is 1. The summed E-state index contributed by atoms with van der Waals surface area (Å²) in [7, 11) is 5.94. The van der Waals surface area contributed by atoms with E-state index in [2.05, 4.69) is 69.3 Å². The zero-order chi connectivity index (χ0) is 14.5. The first-order valence-corrected chi connectivity index (χ1v) is 6.88. The Kier molecular flexibility index (Phi) is 5.83. The summed E-state index contributed by atoms with van der Waals surface area (Å²) in [5.41, 5.74) is 2.42. The van der Waals surface area contributed by atoms with E-state index in [0.717, 1.165) is 13.0 Å². The monoisotopic (exact) mass is 264 g/mol. The lowest BCUT2D eigenvalue weighted by atomic mass is 9.99. The van der Waals surface area contributed by atoms with Crippen molar-refractivity contribution in [2.75, 3.05) is 26.5 Å². The number of ether oxygens (including phenoxy) is 1. The molecule has 0 aromatic heterocycles. The van der Waals surface area contributed by atoms with Crippen LogP contribution in [0, 0.1) is 0 Å². The fourth-order valence-corrected chi connectivity index (χ4v) is 2.23. The Hall–Kier alpha value is -1.06. The molecule has 0 spiro atoms. The van der Waals surface area contributed by atoms with Crippen LogP contribution in [-0.2, 0) is 11.3 Å². The van der Waals surface area contributed by atoms with Crippen LogP contribution in [0.5, 0.6) is 0 Å². The van der Waals surface area contributed by atoms with E-state index in [1.807, 2.05) is 0 Å². The Morgan fingerprint density at radius 2 is 1.79 bits per heavy atom. The average molecular weight is 264 g/mol. The molecule has 1 aromatic carbocycles. The minimum atomic E-state index is -0.0860. The molecule has 0 radical (unpaired) electrons. The van der Waals surface area contributed by atoms with Gasteiger partial charge in [-0.3, -0.25) is 0 Å². The van der Waals surface area contributed by atoms with Gasteiger partial charge in [-0.15, -0.1) is 0 Å². The number of rotatable bonds is 7. The molecule has 0 aliphatic rings. The van der Waals surface area contributed by atoms with Gasteiger partial charge in [0.2, 0.25) is 0 Å². The molecule has 1 atom stereocenters. The highest BCUT2D eigenvalue weighted by molar-refractivity contribution is 5.45. The van der Waals surface area contributed by atoms with Crippen LogP contribution < -0.4 is 5.32 Å². The Balaban J connectivity index is 2.53. The third-order valence-electron chi connectivity index (χ3n) is 3.22. The number of benzene rings is 1. The van der Waals surface area contributed by atoms with Crippen LogP contribution in [-0.4, -0.2) is 37.7 Å². The van der Waals surface area contributed by atoms with Crippen LogP contribution in [0.2, 0.25) is 0 Å². The molecule has 0 aliphatic heterocycles. The fraction of sp³-hybridized carbons (Fsp3) is 0.625. The fourth-order valence-electron chi connectivity index (χ4n) is 2.23. The van der Waals surface area contributed by atoms with Crippen LogP contribution in [0.25, 0.3) is 0 Å². The summed E-state index contributed by atoms with van der Waals surface area (Å²) in [6.45, 7) is 7.40. The van der Waals surface area contributed by atoms with Crippen molar-refractivity contribution in [1.82, 2.24) is 4.90 Å². The zero-order valence-electron chi connectivity index (χ0n) is 13.2. The first-order valence-electron chi connectivity index (χ1n) is 6.88.